The van der Waals surface area contributed by atoms with E-state index in [9.17, 15) is 4.79 Å². The van der Waals surface area contributed by atoms with E-state index in [-0.39, 0.29) is 6.09 Å². The molecule has 5 nitrogen and oxygen atoms in total. The minimum atomic E-state index is -0.484. The highest BCUT2D eigenvalue weighted by Gasteiger charge is 2.22. The van der Waals surface area contributed by atoms with E-state index < -0.39 is 5.60 Å². The Hall–Kier alpha value is -1.62. The Kier molecular flexibility index (Phi) is 10.2. The molecule has 0 saturated carbocycles. The van der Waals surface area contributed by atoms with Gasteiger partial charge in [-0.1, -0.05) is 32.3 Å². The fourth-order valence-corrected chi connectivity index (χ4v) is 2.47. The Morgan fingerprint density at radius 2 is 1.96 bits per heavy atom. The van der Waals surface area contributed by atoms with Crippen molar-refractivity contribution in [2.45, 2.75) is 71.9 Å². The molecule has 1 amide bonds. The molecule has 0 aromatic carbocycles. The minimum absolute atomic E-state index is 0.265. The highest BCUT2D eigenvalue weighted by atomic mass is 16.6. The van der Waals surface area contributed by atoms with Gasteiger partial charge < -0.3 is 15.0 Å². The van der Waals surface area contributed by atoms with Gasteiger partial charge in [0.05, 0.1) is 6.54 Å². The molecular formula is C20H35N3O2. The van der Waals surface area contributed by atoms with Crippen molar-refractivity contribution >= 4 is 6.09 Å². The molecule has 0 spiro atoms. The number of hydrogen-bond acceptors (Lipinski definition) is 4. The molecule has 0 aliphatic carbocycles. The van der Waals surface area contributed by atoms with Crippen molar-refractivity contribution in [3.8, 4) is 0 Å². The number of carbonyl (C=O) groups excluding carboxylic acids is 1. The van der Waals surface area contributed by atoms with Gasteiger partial charge in [0.25, 0.3) is 0 Å². The third-order valence-electron chi connectivity index (χ3n) is 3.74. The number of ether oxygens (including phenoxy) is 1. The van der Waals surface area contributed by atoms with E-state index in [0.717, 1.165) is 25.1 Å². The fourth-order valence-electron chi connectivity index (χ4n) is 2.47. The molecule has 0 saturated heterocycles. The smallest absolute Gasteiger partial charge is 0.410 e. The summed E-state index contributed by atoms with van der Waals surface area (Å²) < 4.78 is 5.54. The van der Waals surface area contributed by atoms with Crippen molar-refractivity contribution in [3.63, 3.8) is 0 Å². The molecule has 0 radical (unpaired) electrons. The van der Waals surface area contributed by atoms with Crippen molar-refractivity contribution in [1.82, 2.24) is 15.2 Å². The SMILES string of the molecule is CCCCCCNCCCN(Cc1cccnc1)C(=O)OC(C)(C)C. The van der Waals surface area contributed by atoms with Gasteiger partial charge in [-0.3, -0.25) is 4.98 Å². The van der Waals surface area contributed by atoms with Crippen molar-refractivity contribution in [3.05, 3.63) is 30.1 Å². The van der Waals surface area contributed by atoms with Crippen molar-refractivity contribution in [2.75, 3.05) is 19.6 Å². The molecule has 1 aromatic rings. The van der Waals surface area contributed by atoms with Crippen LogP contribution in [0.4, 0.5) is 4.79 Å². The predicted molar refractivity (Wildman–Crippen MR) is 103 cm³/mol. The monoisotopic (exact) mass is 349 g/mol. The van der Waals surface area contributed by atoms with Crippen LogP contribution in [0.25, 0.3) is 0 Å². The number of aromatic nitrogens is 1. The molecule has 142 valence electrons. The Bertz CT molecular complexity index is 472. The third-order valence-corrected chi connectivity index (χ3v) is 3.74. The van der Waals surface area contributed by atoms with Crippen LogP contribution >= 0.6 is 0 Å². The summed E-state index contributed by atoms with van der Waals surface area (Å²) in [4.78, 5) is 18.4. The molecule has 0 aliphatic rings. The second-order valence-corrected chi connectivity index (χ2v) is 7.43. The van der Waals surface area contributed by atoms with E-state index >= 15 is 0 Å². The van der Waals surface area contributed by atoms with Crippen LogP contribution in [0.2, 0.25) is 0 Å². The van der Waals surface area contributed by atoms with Gasteiger partial charge in [0, 0.05) is 18.9 Å². The number of pyridine rings is 1. The summed E-state index contributed by atoms with van der Waals surface area (Å²) >= 11 is 0. The van der Waals surface area contributed by atoms with Crippen LogP contribution in [-0.4, -0.2) is 41.2 Å². The average molecular weight is 350 g/mol. The van der Waals surface area contributed by atoms with E-state index in [0.29, 0.717) is 13.1 Å². The van der Waals surface area contributed by atoms with Gasteiger partial charge in [0.15, 0.2) is 0 Å². The minimum Gasteiger partial charge on any atom is -0.444 e. The first kappa shape index (κ1) is 21.4. The van der Waals surface area contributed by atoms with Crippen LogP contribution in [0.3, 0.4) is 0 Å². The third kappa shape index (κ3) is 10.8. The first-order chi connectivity index (χ1) is 11.9. The number of nitrogens with zero attached hydrogens (tertiary/aromatic N) is 2. The number of amides is 1. The summed E-state index contributed by atoms with van der Waals surface area (Å²) in [6.07, 6.45) is 9.26. The standard InChI is InChI=1S/C20H35N3O2/c1-5-6-7-8-12-21-14-10-15-23(19(24)25-20(2,3)4)17-18-11-9-13-22-16-18/h9,11,13,16,21H,5-8,10,12,14-15,17H2,1-4H3. The van der Waals surface area contributed by atoms with E-state index in [1.165, 1.54) is 25.7 Å². The molecule has 25 heavy (non-hydrogen) atoms. The molecule has 1 rings (SSSR count). The van der Waals surface area contributed by atoms with E-state index in [2.05, 4.69) is 17.2 Å². The van der Waals surface area contributed by atoms with Gasteiger partial charge in [0.2, 0.25) is 0 Å². The number of nitrogens with one attached hydrogen (secondary N) is 1. The molecule has 1 aromatic heterocycles. The summed E-state index contributed by atoms with van der Waals surface area (Å²) in [5, 5.41) is 3.46. The molecule has 1 heterocycles. The Labute approximate surface area is 153 Å². The first-order valence-corrected chi connectivity index (χ1v) is 9.50. The van der Waals surface area contributed by atoms with Crippen LogP contribution in [0.5, 0.6) is 0 Å². The fraction of sp³-hybridized carbons (Fsp3) is 0.700. The molecule has 0 aliphatic heterocycles. The zero-order chi connectivity index (χ0) is 18.5. The van der Waals surface area contributed by atoms with E-state index in [4.69, 9.17) is 4.74 Å². The lowest BCUT2D eigenvalue weighted by molar-refractivity contribution is 0.0231. The van der Waals surface area contributed by atoms with Crippen molar-refractivity contribution in [2.24, 2.45) is 0 Å². The van der Waals surface area contributed by atoms with Crippen molar-refractivity contribution in [1.29, 1.82) is 0 Å². The normalized spacial score (nSPS) is 11.4. The number of carbonyl (C=O) groups is 1. The molecule has 5 heteroatoms. The van der Waals surface area contributed by atoms with Crippen LogP contribution < -0.4 is 5.32 Å². The number of rotatable bonds is 11. The quantitative estimate of drug-likeness (QED) is 0.602. The van der Waals surface area contributed by atoms with Gasteiger partial charge in [-0.05, 0) is 58.3 Å². The van der Waals surface area contributed by atoms with E-state index in [1.54, 1.807) is 17.3 Å². The van der Waals surface area contributed by atoms with Gasteiger partial charge >= 0.3 is 6.09 Å². The summed E-state index contributed by atoms with van der Waals surface area (Å²) in [5.41, 5.74) is 0.530. The summed E-state index contributed by atoms with van der Waals surface area (Å²) in [5.74, 6) is 0. The maximum absolute atomic E-state index is 12.5. The lowest BCUT2D eigenvalue weighted by Gasteiger charge is -2.27. The highest BCUT2D eigenvalue weighted by molar-refractivity contribution is 5.68. The summed E-state index contributed by atoms with van der Waals surface area (Å²) in [6.45, 7) is 11.1. The molecule has 0 bridgehead atoms. The molecular weight excluding hydrogens is 314 g/mol. The Morgan fingerprint density at radius 1 is 1.20 bits per heavy atom. The van der Waals surface area contributed by atoms with Gasteiger partial charge in [-0.2, -0.15) is 0 Å². The van der Waals surface area contributed by atoms with Crippen molar-refractivity contribution < 1.29 is 9.53 Å². The van der Waals surface area contributed by atoms with Gasteiger partial charge in [0.1, 0.15) is 5.60 Å². The second kappa shape index (κ2) is 11.9. The Morgan fingerprint density at radius 3 is 2.60 bits per heavy atom. The van der Waals surface area contributed by atoms with Crippen LogP contribution in [0.1, 0.15) is 65.4 Å². The lowest BCUT2D eigenvalue weighted by atomic mass is 10.2. The second-order valence-electron chi connectivity index (χ2n) is 7.43. The summed E-state index contributed by atoms with van der Waals surface area (Å²) in [7, 11) is 0. The van der Waals surface area contributed by atoms with Crippen LogP contribution in [-0.2, 0) is 11.3 Å². The van der Waals surface area contributed by atoms with Gasteiger partial charge in [-0.15, -0.1) is 0 Å². The van der Waals surface area contributed by atoms with Gasteiger partial charge in [-0.25, -0.2) is 4.79 Å². The Balaban J connectivity index is 2.41. The zero-order valence-corrected chi connectivity index (χ0v) is 16.4. The maximum Gasteiger partial charge on any atom is 0.410 e. The number of unbranched alkanes of at least 4 members (excludes halogenated alkanes) is 3. The molecule has 0 unspecified atom stereocenters. The number of hydrogen-bond donors (Lipinski definition) is 1. The summed E-state index contributed by atoms with van der Waals surface area (Å²) in [6, 6.07) is 3.87. The predicted octanol–water partition coefficient (Wildman–Crippen LogP) is 4.38. The maximum atomic E-state index is 12.5. The zero-order valence-electron chi connectivity index (χ0n) is 16.4. The lowest BCUT2D eigenvalue weighted by Crippen LogP contribution is -2.38. The van der Waals surface area contributed by atoms with Crippen LogP contribution in [0, 0.1) is 0 Å². The highest BCUT2D eigenvalue weighted by Crippen LogP contribution is 2.12. The molecule has 1 N–H and O–H groups in total. The average Bonchev–Trinajstić information content (AvgIpc) is 2.55. The first-order valence-electron chi connectivity index (χ1n) is 9.50. The largest absolute Gasteiger partial charge is 0.444 e. The molecule has 0 fully saturated rings. The topological polar surface area (TPSA) is 54.5 Å². The van der Waals surface area contributed by atoms with E-state index in [1.807, 2.05) is 32.9 Å². The van der Waals surface area contributed by atoms with Crippen LogP contribution in [0.15, 0.2) is 24.5 Å². The molecule has 0 atom stereocenters.